The van der Waals surface area contributed by atoms with Crippen molar-refractivity contribution >= 4 is 16.7 Å². The normalized spacial score (nSPS) is 16.8. The van der Waals surface area contributed by atoms with Crippen molar-refractivity contribution < 1.29 is 0 Å². The van der Waals surface area contributed by atoms with Gasteiger partial charge in [-0.05, 0) is 57.5 Å². The maximum absolute atomic E-state index is 12.4. The van der Waals surface area contributed by atoms with Crippen LogP contribution in [0.15, 0.2) is 65.7 Å². The Hall–Kier alpha value is -3.12. The maximum Gasteiger partial charge on any atom is 0.251 e. The molecular weight excluding hydrogens is 434 g/mol. The van der Waals surface area contributed by atoms with E-state index in [1.54, 1.807) is 6.07 Å². The number of rotatable bonds is 8. The number of pyridine rings is 2. The first kappa shape index (κ1) is 25.0. The molecule has 0 aliphatic carbocycles. The van der Waals surface area contributed by atoms with Crippen molar-refractivity contribution in [3.05, 3.63) is 82.4 Å². The van der Waals surface area contributed by atoms with Crippen LogP contribution >= 0.6 is 0 Å². The average molecular weight is 474 g/mol. The van der Waals surface area contributed by atoms with Crippen molar-refractivity contribution in [1.29, 1.82) is 0 Å². The van der Waals surface area contributed by atoms with Crippen LogP contribution in [0.2, 0.25) is 0 Å². The maximum atomic E-state index is 12.4. The second-order valence-electron chi connectivity index (χ2n) is 9.77. The summed E-state index contributed by atoms with van der Waals surface area (Å²) in [5, 5.41) is 4.50. The fourth-order valence-electron chi connectivity index (χ4n) is 5.19. The van der Waals surface area contributed by atoms with Gasteiger partial charge in [-0.15, -0.1) is 0 Å². The highest BCUT2D eigenvalue weighted by Gasteiger charge is 2.23. The summed E-state index contributed by atoms with van der Waals surface area (Å²) >= 11 is 0. The fourth-order valence-corrected chi connectivity index (χ4v) is 5.19. The Labute approximate surface area is 209 Å². The van der Waals surface area contributed by atoms with E-state index in [-0.39, 0.29) is 17.6 Å². The molecule has 4 rings (SSSR count). The SMILES string of the molecule is CC=CN1CCN(C(CC)c2ccc(C(C)Nc3cc4c(ccc(=O)n4C(C)C)cn3)cc2)CC1. The van der Waals surface area contributed by atoms with Gasteiger partial charge in [0.2, 0.25) is 0 Å². The largest absolute Gasteiger partial charge is 0.375 e. The Morgan fingerprint density at radius 2 is 1.69 bits per heavy atom. The van der Waals surface area contributed by atoms with Gasteiger partial charge in [-0.25, -0.2) is 4.98 Å². The molecule has 1 saturated heterocycles. The molecular formula is C29H39N5O. The van der Waals surface area contributed by atoms with Gasteiger partial charge in [-0.3, -0.25) is 9.69 Å². The molecule has 2 aromatic heterocycles. The molecule has 0 saturated carbocycles. The van der Waals surface area contributed by atoms with E-state index in [4.69, 9.17) is 0 Å². The number of aromatic nitrogens is 2. The van der Waals surface area contributed by atoms with Gasteiger partial charge < -0.3 is 14.8 Å². The summed E-state index contributed by atoms with van der Waals surface area (Å²) in [5.74, 6) is 0.777. The second-order valence-corrected chi connectivity index (χ2v) is 9.77. The molecule has 6 nitrogen and oxygen atoms in total. The lowest BCUT2D eigenvalue weighted by atomic mass is 9.98. The van der Waals surface area contributed by atoms with Crippen molar-refractivity contribution in [3.63, 3.8) is 0 Å². The Kier molecular flexibility index (Phi) is 7.91. The molecule has 0 radical (unpaired) electrons. The minimum Gasteiger partial charge on any atom is -0.375 e. The molecule has 2 atom stereocenters. The summed E-state index contributed by atoms with van der Waals surface area (Å²) in [6, 6.07) is 15.1. The lowest BCUT2D eigenvalue weighted by Gasteiger charge is -2.39. The van der Waals surface area contributed by atoms with Crippen LogP contribution in [0.5, 0.6) is 0 Å². The zero-order chi connectivity index (χ0) is 24.9. The Bertz CT molecular complexity index is 1210. The Morgan fingerprint density at radius 1 is 1.00 bits per heavy atom. The quantitative estimate of drug-likeness (QED) is 0.451. The molecule has 2 unspecified atom stereocenters. The molecule has 0 bridgehead atoms. The highest BCUT2D eigenvalue weighted by Crippen LogP contribution is 2.28. The van der Waals surface area contributed by atoms with Gasteiger partial charge in [-0.1, -0.05) is 37.3 Å². The van der Waals surface area contributed by atoms with E-state index in [2.05, 4.69) is 77.4 Å². The van der Waals surface area contributed by atoms with Crippen molar-refractivity contribution in [2.75, 3.05) is 31.5 Å². The summed E-state index contributed by atoms with van der Waals surface area (Å²) in [5.41, 5.74) is 3.53. The summed E-state index contributed by atoms with van der Waals surface area (Å²) < 4.78 is 1.82. The zero-order valence-corrected chi connectivity index (χ0v) is 21.7. The lowest BCUT2D eigenvalue weighted by molar-refractivity contribution is 0.119. The van der Waals surface area contributed by atoms with Crippen LogP contribution in [-0.2, 0) is 0 Å². The van der Waals surface area contributed by atoms with Crippen LogP contribution in [0.3, 0.4) is 0 Å². The van der Waals surface area contributed by atoms with Crippen molar-refractivity contribution in [1.82, 2.24) is 19.4 Å². The number of hydrogen-bond donors (Lipinski definition) is 1. The molecule has 6 heteroatoms. The molecule has 0 amide bonds. The van der Waals surface area contributed by atoms with Gasteiger partial charge in [0.15, 0.2) is 0 Å². The fraction of sp³-hybridized carbons (Fsp3) is 0.448. The van der Waals surface area contributed by atoms with Gasteiger partial charge in [-0.2, -0.15) is 0 Å². The number of piperazine rings is 1. The van der Waals surface area contributed by atoms with Crippen LogP contribution in [-0.4, -0.2) is 45.5 Å². The number of nitrogens with zero attached hydrogens (tertiary/aromatic N) is 4. The number of fused-ring (bicyclic) bond motifs is 1. The van der Waals surface area contributed by atoms with E-state index in [1.807, 2.05) is 36.7 Å². The molecule has 1 fully saturated rings. The molecule has 186 valence electrons. The van der Waals surface area contributed by atoms with Gasteiger partial charge in [0.05, 0.1) is 5.52 Å². The minimum atomic E-state index is 0.0157. The van der Waals surface area contributed by atoms with Crippen LogP contribution in [0.1, 0.15) is 70.3 Å². The van der Waals surface area contributed by atoms with E-state index in [0.717, 1.165) is 49.3 Å². The number of nitrogens with one attached hydrogen (secondary N) is 1. The van der Waals surface area contributed by atoms with Gasteiger partial charge in [0.1, 0.15) is 5.82 Å². The third-order valence-electron chi connectivity index (χ3n) is 7.05. The molecule has 3 heterocycles. The monoisotopic (exact) mass is 473 g/mol. The van der Waals surface area contributed by atoms with Crippen LogP contribution in [0.4, 0.5) is 5.82 Å². The third kappa shape index (κ3) is 5.59. The highest BCUT2D eigenvalue weighted by molar-refractivity contribution is 5.80. The van der Waals surface area contributed by atoms with Crippen molar-refractivity contribution in [3.8, 4) is 0 Å². The second kappa shape index (κ2) is 11.1. The first-order valence-electron chi connectivity index (χ1n) is 12.9. The van der Waals surface area contributed by atoms with Gasteiger partial charge in [0.25, 0.3) is 5.56 Å². The minimum absolute atomic E-state index is 0.0157. The molecule has 3 aromatic rings. The molecule has 1 N–H and O–H groups in total. The van der Waals surface area contributed by atoms with E-state index < -0.39 is 0 Å². The predicted molar refractivity (Wildman–Crippen MR) is 146 cm³/mol. The van der Waals surface area contributed by atoms with E-state index in [9.17, 15) is 4.79 Å². The average Bonchev–Trinajstić information content (AvgIpc) is 2.85. The standard InChI is InChI=1S/C29H39N5O/c1-6-14-32-15-17-33(18-16-32)26(7-2)24-10-8-23(9-11-24)22(5)31-28-19-27-25(20-30-28)12-13-29(35)34(27)21(3)4/h6,8-14,19-22,26H,7,15-18H2,1-5H3,(H,30,31). The molecule has 1 aromatic carbocycles. The number of allylic oxidation sites excluding steroid dienone is 1. The van der Waals surface area contributed by atoms with Crippen LogP contribution < -0.4 is 10.9 Å². The Morgan fingerprint density at radius 3 is 2.31 bits per heavy atom. The first-order chi connectivity index (χ1) is 16.9. The zero-order valence-electron chi connectivity index (χ0n) is 21.7. The molecule has 35 heavy (non-hydrogen) atoms. The molecule has 0 spiro atoms. The number of benzene rings is 1. The first-order valence-corrected chi connectivity index (χ1v) is 12.9. The summed E-state index contributed by atoms with van der Waals surface area (Å²) in [7, 11) is 0. The summed E-state index contributed by atoms with van der Waals surface area (Å²) in [6.45, 7) is 14.9. The smallest absolute Gasteiger partial charge is 0.251 e. The third-order valence-corrected chi connectivity index (χ3v) is 7.05. The Balaban J connectivity index is 1.47. The summed E-state index contributed by atoms with van der Waals surface area (Å²) in [6.07, 6.45) is 7.27. The van der Waals surface area contributed by atoms with Crippen molar-refractivity contribution in [2.24, 2.45) is 0 Å². The van der Waals surface area contributed by atoms with E-state index >= 15 is 0 Å². The van der Waals surface area contributed by atoms with Crippen LogP contribution in [0, 0.1) is 0 Å². The molecule has 1 aliphatic heterocycles. The van der Waals surface area contributed by atoms with E-state index in [0.29, 0.717) is 6.04 Å². The highest BCUT2D eigenvalue weighted by atomic mass is 16.1. The predicted octanol–water partition coefficient (Wildman–Crippen LogP) is 5.75. The number of anilines is 1. The topological polar surface area (TPSA) is 53.4 Å². The molecule has 1 aliphatic rings. The van der Waals surface area contributed by atoms with Crippen molar-refractivity contribution in [2.45, 2.75) is 59.2 Å². The lowest BCUT2D eigenvalue weighted by Crippen LogP contribution is -2.45. The number of hydrogen-bond acceptors (Lipinski definition) is 5. The van der Waals surface area contributed by atoms with E-state index in [1.165, 1.54) is 11.1 Å². The summed E-state index contributed by atoms with van der Waals surface area (Å²) in [4.78, 5) is 22.0. The van der Waals surface area contributed by atoms with Gasteiger partial charge >= 0.3 is 0 Å². The van der Waals surface area contributed by atoms with Crippen LogP contribution in [0.25, 0.3) is 10.9 Å². The van der Waals surface area contributed by atoms with Gasteiger partial charge in [0, 0.05) is 68.0 Å².